The van der Waals surface area contributed by atoms with Crippen molar-refractivity contribution >= 4 is 15.4 Å². The Hall–Kier alpha value is -1.61. The van der Waals surface area contributed by atoms with Crippen LogP contribution >= 0.6 is 0 Å². The van der Waals surface area contributed by atoms with Crippen molar-refractivity contribution in [3.8, 4) is 0 Å². The average Bonchev–Trinajstić information content (AvgIpc) is 2.46. The summed E-state index contributed by atoms with van der Waals surface area (Å²) in [6.45, 7) is 11.0. The van der Waals surface area contributed by atoms with Crippen LogP contribution in [0.2, 0.25) is 0 Å². The zero-order chi connectivity index (χ0) is 16.9. The second-order valence-corrected chi connectivity index (χ2v) is 10.0. The second kappa shape index (κ2) is 5.20. The van der Waals surface area contributed by atoms with E-state index < -0.39 is 9.73 Å². The van der Waals surface area contributed by atoms with Crippen molar-refractivity contribution in [1.82, 2.24) is 0 Å². The lowest BCUT2D eigenvalue weighted by Crippen LogP contribution is -2.44. The van der Waals surface area contributed by atoms with Crippen LogP contribution in [0.15, 0.2) is 57.8 Å². The molecule has 2 aromatic carbocycles. The normalized spacial score (nSPS) is 27.2. The number of aryl methyl sites for hydroxylation is 1. The van der Waals surface area contributed by atoms with Crippen molar-refractivity contribution in [3.05, 3.63) is 59.7 Å². The van der Waals surface area contributed by atoms with E-state index in [4.69, 9.17) is 4.36 Å². The van der Waals surface area contributed by atoms with Crippen molar-refractivity contribution < 1.29 is 4.21 Å². The van der Waals surface area contributed by atoms with Gasteiger partial charge in [-0.1, -0.05) is 63.6 Å². The van der Waals surface area contributed by atoms with Crippen molar-refractivity contribution in [2.45, 2.75) is 44.9 Å². The molecule has 23 heavy (non-hydrogen) atoms. The smallest absolute Gasteiger partial charge is 0.0809 e. The Bertz CT molecular complexity index is 852. The number of hydrogen-bond donors (Lipinski definition) is 0. The van der Waals surface area contributed by atoms with Crippen LogP contribution in [0.5, 0.6) is 0 Å². The number of benzene rings is 2. The van der Waals surface area contributed by atoms with E-state index in [0.717, 1.165) is 10.6 Å². The van der Waals surface area contributed by atoms with Gasteiger partial charge >= 0.3 is 0 Å². The number of hydrogen-bond acceptors (Lipinski definition) is 2. The lowest BCUT2D eigenvalue weighted by Gasteiger charge is -2.45. The third kappa shape index (κ3) is 2.61. The lowest BCUT2D eigenvalue weighted by atomic mass is 9.64. The molecule has 0 radical (unpaired) electrons. The molecule has 122 valence electrons. The Balaban J connectivity index is 2.28. The van der Waals surface area contributed by atoms with Crippen molar-refractivity contribution in [2.24, 2.45) is 9.78 Å². The molecule has 0 aliphatic carbocycles. The first-order valence-corrected chi connectivity index (χ1v) is 9.75. The predicted octanol–water partition coefficient (Wildman–Crippen LogP) is 5.47. The molecule has 3 rings (SSSR count). The maximum atomic E-state index is 13.8. The van der Waals surface area contributed by atoms with Gasteiger partial charge in [0, 0.05) is 16.1 Å². The molecule has 0 saturated carbocycles. The SMILES string of the molecule is Cc1ccc(S2(=O)=Nc3ccccc3[C@@](C)(C(C)(C)C)C2)cc1. The molecule has 0 fully saturated rings. The molecule has 0 amide bonds. The molecule has 0 spiro atoms. The van der Waals surface area contributed by atoms with Gasteiger partial charge in [-0.3, -0.25) is 0 Å². The highest BCUT2D eigenvalue weighted by atomic mass is 32.2. The van der Waals surface area contributed by atoms with Crippen LogP contribution in [-0.4, -0.2) is 9.96 Å². The fourth-order valence-corrected chi connectivity index (χ4v) is 5.93. The summed E-state index contributed by atoms with van der Waals surface area (Å²) in [6.07, 6.45) is 0. The Morgan fingerprint density at radius 1 is 1.04 bits per heavy atom. The van der Waals surface area contributed by atoms with E-state index in [1.807, 2.05) is 43.3 Å². The fraction of sp³-hybridized carbons (Fsp3) is 0.400. The quantitative estimate of drug-likeness (QED) is 0.683. The van der Waals surface area contributed by atoms with Crippen LogP contribution < -0.4 is 0 Å². The van der Waals surface area contributed by atoms with Gasteiger partial charge in [0.1, 0.15) is 0 Å². The minimum absolute atomic E-state index is 0.00754. The lowest BCUT2D eigenvalue weighted by molar-refractivity contribution is 0.228. The molecule has 0 N–H and O–H groups in total. The maximum absolute atomic E-state index is 13.8. The minimum Gasteiger partial charge on any atom is -0.244 e. The van der Waals surface area contributed by atoms with Crippen LogP contribution in [0.25, 0.3) is 0 Å². The summed E-state index contributed by atoms with van der Waals surface area (Å²) in [5, 5.41) is 0. The highest BCUT2D eigenvalue weighted by Gasteiger charge is 2.45. The van der Waals surface area contributed by atoms with Gasteiger partial charge in [-0.05, 0) is 36.1 Å². The van der Waals surface area contributed by atoms with Gasteiger partial charge in [0.05, 0.1) is 15.4 Å². The molecule has 3 heteroatoms. The van der Waals surface area contributed by atoms with E-state index in [0.29, 0.717) is 5.75 Å². The van der Waals surface area contributed by atoms with Crippen LogP contribution in [-0.2, 0) is 15.1 Å². The second-order valence-electron chi connectivity index (χ2n) is 7.79. The number of rotatable bonds is 1. The van der Waals surface area contributed by atoms with Crippen molar-refractivity contribution in [3.63, 3.8) is 0 Å². The van der Waals surface area contributed by atoms with Crippen LogP contribution in [0, 0.1) is 12.3 Å². The minimum atomic E-state index is -2.46. The van der Waals surface area contributed by atoms with E-state index >= 15 is 0 Å². The van der Waals surface area contributed by atoms with E-state index in [1.165, 1.54) is 11.1 Å². The molecule has 1 aliphatic rings. The summed E-state index contributed by atoms with van der Waals surface area (Å²) in [7, 11) is -2.46. The van der Waals surface area contributed by atoms with E-state index in [2.05, 4.69) is 39.8 Å². The zero-order valence-electron chi connectivity index (χ0n) is 14.6. The topological polar surface area (TPSA) is 29.4 Å². The van der Waals surface area contributed by atoms with Gasteiger partial charge in [0.25, 0.3) is 0 Å². The van der Waals surface area contributed by atoms with E-state index in [1.54, 1.807) is 0 Å². The molecule has 1 aliphatic heterocycles. The fourth-order valence-electron chi connectivity index (χ4n) is 3.19. The third-order valence-electron chi connectivity index (χ3n) is 5.27. The molecular formula is C20H25NOS. The predicted molar refractivity (Wildman–Crippen MR) is 97.8 cm³/mol. The average molecular weight is 327 g/mol. The summed E-state index contributed by atoms with van der Waals surface area (Å²) in [5.41, 5.74) is 3.06. The first-order chi connectivity index (χ1) is 10.7. The molecule has 1 heterocycles. The van der Waals surface area contributed by atoms with E-state index in [-0.39, 0.29) is 10.8 Å². The molecule has 2 atom stereocenters. The zero-order valence-corrected chi connectivity index (χ0v) is 15.4. The Morgan fingerprint density at radius 3 is 2.26 bits per heavy atom. The first kappa shape index (κ1) is 16.3. The molecular weight excluding hydrogens is 302 g/mol. The summed E-state index contributed by atoms with van der Waals surface area (Å²) >= 11 is 0. The van der Waals surface area contributed by atoms with Gasteiger partial charge in [0.15, 0.2) is 0 Å². The number of fused-ring (bicyclic) bond motifs is 1. The summed E-state index contributed by atoms with van der Waals surface area (Å²) in [6, 6.07) is 16.1. The molecule has 2 aromatic rings. The van der Waals surface area contributed by atoms with Crippen LogP contribution in [0.3, 0.4) is 0 Å². The molecule has 1 unspecified atom stereocenters. The third-order valence-corrected chi connectivity index (χ3v) is 7.74. The van der Waals surface area contributed by atoms with Gasteiger partial charge in [-0.2, -0.15) is 4.36 Å². The van der Waals surface area contributed by atoms with Gasteiger partial charge in [0.2, 0.25) is 0 Å². The van der Waals surface area contributed by atoms with E-state index in [9.17, 15) is 4.21 Å². The molecule has 0 aromatic heterocycles. The van der Waals surface area contributed by atoms with Crippen LogP contribution in [0.4, 0.5) is 5.69 Å². The van der Waals surface area contributed by atoms with Gasteiger partial charge in [-0.25, -0.2) is 4.21 Å². The number of nitrogens with zero attached hydrogens (tertiary/aromatic N) is 1. The van der Waals surface area contributed by atoms with Crippen molar-refractivity contribution in [1.29, 1.82) is 0 Å². The standard InChI is InChI=1S/C20H25NOS/c1-15-10-12-16(13-11-15)23(22)14-20(5,19(2,3)4)17-8-6-7-9-18(17)21-23/h6-13H,14H2,1-5H3/t20-,23?/m0/s1. The Morgan fingerprint density at radius 2 is 1.65 bits per heavy atom. The molecule has 0 saturated heterocycles. The highest BCUT2D eigenvalue weighted by Crippen LogP contribution is 2.50. The van der Waals surface area contributed by atoms with Crippen molar-refractivity contribution in [2.75, 3.05) is 5.75 Å². The Kier molecular flexibility index (Phi) is 3.68. The monoisotopic (exact) mass is 327 g/mol. The summed E-state index contributed by atoms with van der Waals surface area (Å²) < 4.78 is 18.5. The molecule has 2 nitrogen and oxygen atoms in total. The van der Waals surface area contributed by atoms with Gasteiger partial charge < -0.3 is 0 Å². The van der Waals surface area contributed by atoms with Crippen LogP contribution in [0.1, 0.15) is 38.8 Å². The summed E-state index contributed by atoms with van der Waals surface area (Å²) in [4.78, 5) is 0.841. The first-order valence-electron chi connectivity index (χ1n) is 8.07. The summed E-state index contributed by atoms with van der Waals surface area (Å²) in [5.74, 6) is 0.559. The maximum Gasteiger partial charge on any atom is 0.0809 e. The highest BCUT2D eigenvalue weighted by molar-refractivity contribution is 7.93. The van der Waals surface area contributed by atoms with Gasteiger partial charge in [-0.15, -0.1) is 0 Å². The Labute approximate surface area is 140 Å². The largest absolute Gasteiger partial charge is 0.244 e. The molecule has 0 bridgehead atoms.